The van der Waals surface area contributed by atoms with E-state index in [1.54, 1.807) is 24.3 Å². The van der Waals surface area contributed by atoms with Crippen molar-refractivity contribution in [2.45, 2.75) is 36.8 Å². The second-order valence-electron chi connectivity index (χ2n) is 4.42. The Morgan fingerprint density at radius 2 is 2.06 bits per heavy atom. The Morgan fingerprint density at radius 3 is 2.61 bits per heavy atom. The van der Waals surface area contributed by atoms with Gasteiger partial charge in [0.25, 0.3) is 0 Å². The Kier molecular flexibility index (Phi) is 4.42. The molecule has 0 bridgehead atoms. The molecule has 1 aromatic rings. The smallest absolute Gasteiger partial charge is 0.240 e. The lowest BCUT2D eigenvalue weighted by molar-refractivity contribution is 0.0902. The van der Waals surface area contributed by atoms with Crippen LogP contribution >= 0.6 is 15.9 Å². The van der Waals surface area contributed by atoms with E-state index in [2.05, 4.69) is 20.7 Å². The third-order valence-electron chi connectivity index (χ3n) is 2.99. The molecule has 0 radical (unpaired) electrons. The molecule has 2 rings (SSSR count). The van der Waals surface area contributed by atoms with Gasteiger partial charge in [0.2, 0.25) is 10.0 Å². The summed E-state index contributed by atoms with van der Waals surface area (Å²) in [5.74, 6) is 0. The van der Waals surface area contributed by atoms with Gasteiger partial charge in [0.15, 0.2) is 0 Å². The van der Waals surface area contributed by atoms with E-state index >= 15 is 0 Å². The minimum absolute atomic E-state index is 0.0183. The van der Waals surface area contributed by atoms with Crippen LogP contribution < -0.4 is 4.72 Å². The fourth-order valence-corrected chi connectivity index (χ4v) is 3.54. The fraction of sp³-hybridized carbons (Fsp3) is 0.500. The quantitative estimate of drug-likeness (QED) is 0.919. The first-order valence-corrected chi connectivity index (χ1v) is 8.16. The Labute approximate surface area is 116 Å². The lowest BCUT2D eigenvalue weighted by Crippen LogP contribution is -2.40. The van der Waals surface area contributed by atoms with Crippen molar-refractivity contribution in [3.8, 4) is 0 Å². The van der Waals surface area contributed by atoms with Gasteiger partial charge in [0.1, 0.15) is 0 Å². The lowest BCUT2D eigenvalue weighted by atomic mass is 10.1. The average Bonchev–Trinajstić information content (AvgIpc) is 2.82. The molecule has 1 aromatic carbocycles. The Hall–Kier alpha value is -0.430. The second-order valence-corrected chi connectivity index (χ2v) is 7.05. The van der Waals surface area contributed by atoms with Crippen molar-refractivity contribution in [1.29, 1.82) is 0 Å². The molecular formula is C12H16BrNO3S. The maximum atomic E-state index is 12.1. The zero-order valence-corrected chi connectivity index (χ0v) is 12.5. The molecule has 1 heterocycles. The highest BCUT2D eigenvalue weighted by Crippen LogP contribution is 2.19. The van der Waals surface area contributed by atoms with E-state index < -0.39 is 10.0 Å². The van der Waals surface area contributed by atoms with Crippen molar-refractivity contribution >= 4 is 26.0 Å². The van der Waals surface area contributed by atoms with Gasteiger partial charge in [-0.05, 0) is 44.0 Å². The Balaban J connectivity index is 2.09. The molecule has 0 aromatic heterocycles. The van der Waals surface area contributed by atoms with Crippen molar-refractivity contribution in [3.05, 3.63) is 28.7 Å². The van der Waals surface area contributed by atoms with Crippen LogP contribution in [-0.4, -0.2) is 27.2 Å². The molecule has 0 saturated carbocycles. The molecule has 1 aliphatic rings. The van der Waals surface area contributed by atoms with Crippen molar-refractivity contribution < 1.29 is 13.2 Å². The third-order valence-corrected chi connectivity index (χ3v) is 5.09. The van der Waals surface area contributed by atoms with Crippen LogP contribution in [-0.2, 0) is 14.8 Å². The van der Waals surface area contributed by atoms with Crippen LogP contribution in [0.3, 0.4) is 0 Å². The van der Waals surface area contributed by atoms with Crippen LogP contribution in [0.25, 0.3) is 0 Å². The van der Waals surface area contributed by atoms with Gasteiger partial charge in [-0.25, -0.2) is 13.1 Å². The van der Waals surface area contributed by atoms with Crippen LogP contribution in [0.2, 0.25) is 0 Å². The SMILES string of the molecule is C[C@H](NS(=O)(=O)c1ccc(Br)cc1)[C@H]1CCCO1. The average molecular weight is 334 g/mol. The molecule has 0 spiro atoms. The highest BCUT2D eigenvalue weighted by molar-refractivity contribution is 9.10. The van der Waals surface area contributed by atoms with Crippen LogP contribution in [0.5, 0.6) is 0 Å². The highest BCUT2D eigenvalue weighted by Gasteiger charge is 2.26. The molecule has 0 aliphatic carbocycles. The number of hydrogen-bond acceptors (Lipinski definition) is 3. The zero-order chi connectivity index (χ0) is 13.2. The summed E-state index contributed by atoms with van der Waals surface area (Å²) in [6.45, 7) is 2.56. The van der Waals surface area contributed by atoms with Gasteiger partial charge in [-0.15, -0.1) is 0 Å². The molecule has 4 nitrogen and oxygen atoms in total. The van der Waals surface area contributed by atoms with Crippen molar-refractivity contribution in [2.75, 3.05) is 6.61 Å². The summed E-state index contributed by atoms with van der Waals surface area (Å²) in [7, 11) is -3.46. The summed E-state index contributed by atoms with van der Waals surface area (Å²) in [4.78, 5) is 0.274. The summed E-state index contributed by atoms with van der Waals surface area (Å²) in [5, 5.41) is 0. The summed E-state index contributed by atoms with van der Waals surface area (Å²) < 4.78 is 33.3. The van der Waals surface area contributed by atoms with Gasteiger partial charge < -0.3 is 4.74 Å². The second kappa shape index (κ2) is 5.69. The number of hydrogen-bond donors (Lipinski definition) is 1. The normalized spacial score (nSPS) is 22.0. The van der Waals surface area contributed by atoms with Gasteiger partial charge in [0.05, 0.1) is 11.0 Å². The topological polar surface area (TPSA) is 55.4 Å². The maximum absolute atomic E-state index is 12.1. The first-order chi connectivity index (χ1) is 8.49. The van der Waals surface area contributed by atoms with Crippen LogP contribution in [0, 0.1) is 0 Å². The van der Waals surface area contributed by atoms with E-state index in [4.69, 9.17) is 4.74 Å². The zero-order valence-electron chi connectivity index (χ0n) is 10.1. The minimum Gasteiger partial charge on any atom is -0.377 e. The van der Waals surface area contributed by atoms with Gasteiger partial charge in [-0.1, -0.05) is 15.9 Å². The van der Waals surface area contributed by atoms with E-state index in [0.29, 0.717) is 0 Å². The third kappa shape index (κ3) is 3.32. The molecule has 100 valence electrons. The number of rotatable bonds is 4. The first kappa shape index (κ1) is 14.0. The van der Waals surface area contributed by atoms with Crippen LogP contribution in [0.15, 0.2) is 33.6 Å². The first-order valence-electron chi connectivity index (χ1n) is 5.88. The molecule has 18 heavy (non-hydrogen) atoms. The van der Waals surface area contributed by atoms with Crippen molar-refractivity contribution in [1.82, 2.24) is 4.72 Å². The number of halogens is 1. The molecule has 0 unspecified atom stereocenters. The predicted octanol–water partition coefficient (Wildman–Crippen LogP) is 2.29. The number of benzene rings is 1. The van der Waals surface area contributed by atoms with Gasteiger partial charge >= 0.3 is 0 Å². The van der Waals surface area contributed by atoms with Gasteiger partial charge in [-0.2, -0.15) is 0 Å². The van der Waals surface area contributed by atoms with Gasteiger partial charge in [-0.3, -0.25) is 0 Å². The van der Waals surface area contributed by atoms with Gasteiger partial charge in [0, 0.05) is 17.1 Å². The molecule has 0 amide bonds. The van der Waals surface area contributed by atoms with Crippen molar-refractivity contribution in [2.24, 2.45) is 0 Å². The van der Waals surface area contributed by atoms with E-state index in [1.807, 2.05) is 6.92 Å². The Bertz CT molecular complexity index is 495. The Morgan fingerprint density at radius 1 is 1.39 bits per heavy atom. The van der Waals surface area contributed by atoms with Crippen LogP contribution in [0.1, 0.15) is 19.8 Å². The standard InChI is InChI=1S/C12H16BrNO3S/c1-9(12-3-2-8-17-12)14-18(15,16)11-6-4-10(13)5-7-11/h4-7,9,12,14H,2-3,8H2,1H3/t9-,12+/m0/s1. The summed E-state index contributed by atoms with van der Waals surface area (Å²) in [6, 6.07) is 6.38. The summed E-state index contributed by atoms with van der Waals surface area (Å²) in [6.07, 6.45) is 1.88. The fourth-order valence-electron chi connectivity index (χ4n) is 2.00. The molecule has 1 fully saturated rings. The minimum atomic E-state index is -3.46. The molecule has 1 N–H and O–H groups in total. The molecule has 2 atom stereocenters. The summed E-state index contributed by atoms with van der Waals surface area (Å²) >= 11 is 3.28. The van der Waals surface area contributed by atoms with Crippen molar-refractivity contribution in [3.63, 3.8) is 0 Å². The molecule has 1 aliphatic heterocycles. The van der Waals surface area contributed by atoms with E-state index in [1.165, 1.54) is 0 Å². The highest BCUT2D eigenvalue weighted by atomic mass is 79.9. The van der Waals surface area contributed by atoms with E-state index in [0.717, 1.165) is 23.9 Å². The number of nitrogens with one attached hydrogen (secondary N) is 1. The maximum Gasteiger partial charge on any atom is 0.240 e. The number of ether oxygens (including phenoxy) is 1. The largest absolute Gasteiger partial charge is 0.377 e. The van der Waals surface area contributed by atoms with E-state index in [9.17, 15) is 8.42 Å². The molecule has 6 heteroatoms. The number of sulfonamides is 1. The summed E-state index contributed by atoms with van der Waals surface area (Å²) in [5.41, 5.74) is 0. The predicted molar refractivity (Wildman–Crippen MR) is 72.9 cm³/mol. The monoisotopic (exact) mass is 333 g/mol. The molecular weight excluding hydrogens is 318 g/mol. The van der Waals surface area contributed by atoms with E-state index in [-0.39, 0.29) is 17.0 Å². The molecule has 1 saturated heterocycles. The lowest BCUT2D eigenvalue weighted by Gasteiger charge is -2.19. The van der Waals surface area contributed by atoms with Crippen LogP contribution in [0.4, 0.5) is 0 Å².